The molecule has 1 heterocycles. The van der Waals surface area contributed by atoms with Crippen LogP contribution in [0, 0.1) is 0 Å². The van der Waals surface area contributed by atoms with Crippen LogP contribution in [0.25, 0.3) is 0 Å². The fourth-order valence-electron chi connectivity index (χ4n) is 2.66. The number of rotatable bonds is 5. The maximum Gasteiger partial charge on any atom is 0.358 e. The van der Waals surface area contributed by atoms with Gasteiger partial charge < -0.3 is 34.3 Å². The second kappa shape index (κ2) is 9.51. The number of aliphatic hydroxyl groups excluding tert-OH is 3. The van der Waals surface area contributed by atoms with Gasteiger partial charge in [0.1, 0.15) is 23.7 Å². The molecule has 1 saturated heterocycles. The van der Waals surface area contributed by atoms with E-state index in [1.54, 1.807) is 48.5 Å². The molecule has 2 aromatic rings. The lowest BCUT2D eigenvalue weighted by atomic mass is 9.99. The highest BCUT2D eigenvalue weighted by Crippen LogP contribution is 2.27. The maximum atomic E-state index is 10.6. The van der Waals surface area contributed by atoms with Gasteiger partial charge >= 0.3 is 5.24 Å². The second-order valence-electron chi connectivity index (χ2n) is 6.03. The number of benzene rings is 2. The number of halogens is 1. The van der Waals surface area contributed by atoms with E-state index in [0.29, 0.717) is 16.5 Å². The van der Waals surface area contributed by atoms with Crippen LogP contribution in [0.4, 0.5) is 0 Å². The third-order valence-electron chi connectivity index (χ3n) is 4.06. The van der Waals surface area contributed by atoms with E-state index < -0.39 is 37.3 Å². The van der Waals surface area contributed by atoms with Crippen molar-refractivity contribution < 1.29 is 34.3 Å². The first-order valence-electron chi connectivity index (χ1n) is 8.46. The molecule has 0 bridgehead atoms. The van der Waals surface area contributed by atoms with E-state index in [4.69, 9.17) is 42.8 Å². The van der Waals surface area contributed by atoms with Gasteiger partial charge in [-0.3, -0.25) is 0 Å². The molecule has 7 nitrogen and oxygen atoms in total. The van der Waals surface area contributed by atoms with Crippen LogP contribution in [-0.4, -0.2) is 57.9 Å². The van der Waals surface area contributed by atoms with Crippen molar-refractivity contribution in [1.82, 2.24) is 0 Å². The van der Waals surface area contributed by atoms with Gasteiger partial charge in [-0.2, -0.15) is 0 Å². The Hall–Kier alpha value is -1.94. The van der Waals surface area contributed by atoms with Gasteiger partial charge in [0.15, 0.2) is 12.2 Å². The van der Waals surface area contributed by atoms with Crippen molar-refractivity contribution in [2.24, 2.45) is 0 Å². The Bertz CT molecular complexity index is 774. The lowest BCUT2D eigenvalue weighted by Gasteiger charge is -2.41. The van der Waals surface area contributed by atoms with Crippen LogP contribution in [0.2, 0.25) is 5.02 Å². The molecular weight excluding hydrogens is 408 g/mol. The quantitative estimate of drug-likeness (QED) is 0.624. The number of thiocarbonyl (C=S) groups is 1. The van der Waals surface area contributed by atoms with E-state index in [9.17, 15) is 15.3 Å². The van der Waals surface area contributed by atoms with Gasteiger partial charge in [0.2, 0.25) is 6.29 Å². The zero-order valence-electron chi connectivity index (χ0n) is 14.6. The van der Waals surface area contributed by atoms with Crippen LogP contribution < -0.4 is 9.47 Å². The molecule has 3 rings (SSSR count). The van der Waals surface area contributed by atoms with Crippen LogP contribution in [-0.2, 0) is 9.47 Å². The molecule has 1 fully saturated rings. The second-order valence-corrected chi connectivity index (χ2v) is 6.80. The fourth-order valence-corrected chi connectivity index (χ4v) is 2.99. The molecule has 0 radical (unpaired) electrons. The molecule has 2 aromatic carbocycles. The van der Waals surface area contributed by atoms with Gasteiger partial charge in [-0.15, -0.1) is 0 Å². The Kier molecular flexibility index (Phi) is 7.06. The number of para-hydroxylation sites is 1. The molecule has 1 aliphatic heterocycles. The average molecular weight is 427 g/mol. The molecule has 0 aromatic heterocycles. The molecule has 5 atom stereocenters. The molecule has 0 saturated carbocycles. The molecule has 28 heavy (non-hydrogen) atoms. The first-order valence-corrected chi connectivity index (χ1v) is 9.24. The molecule has 150 valence electrons. The Morgan fingerprint density at radius 2 is 1.68 bits per heavy atom. The van der Waals surface area contributed by atoms with E-state index in [1.807, 2.05) is 6.07 Å². The Morgan fingerprint density at radius 3 is 2.32 bits per heavy atom. The first kappa shape index (κ1) is 20.8. The lowest BCUT2D eigenvalue weighted by molar-refractivity contribution is -0.275. The molecule has 1 aliphatic rings. The standard InChI is InChI=1S/C19H19ClO7S/c20-11-6-8-13(9-7-11)24-18-16(23)17(15(22)14(10-21)26-18)27-19(28)25-12-4-2-1-3-5-12/h1-9,14-18,21-23H,10H2/t14-,15-,16+,17+,18+/m1/s1. The van der Waals surface area contributed by atoms with Gasteiger partial charge in [-0.25, -0.2) is 0 Å². The predicted molar refractivity (Wildman–Crippen MR) is 104 cm³/mol. The molecule has 0 amide bonds. The largest absolute Gasteiger partial charge is 0.462 e. The van der Waals surface area contributed by atoms with Crippen LogP contribution >= 0.6 is 23.8 Å². The van der Waals surface area contributed by atoms with Gasteiger partial charge in [0.25, 0.3) is 0 Å². The predicted octanol–water partition coefficient (Wildman–Crippen LogP) is 1.91. The summed E-state index contributed by atoms with van der Waals surface area (Å²) in [4.78, 5) is 0. The summed E-state index contributed by atoms with van der Waals surface area (Å²) in [6, 6.07) is 15.1. The van der Waals surface area contributed by atoms with Crippen molar-refractivity contribution in [1.29, 1.82) is 0 Å². The summed E-state index contributed by atoms with van der Waals surface area (Å²) in [5, 5.41) is 30.7. The average Bonchev–Trinajstić information content (AvgIpc) is 2.69. The van der Waals surface area contributed by atoms with Crippen LogP contribution in [0.5, 0.6) is 11.5 Å². The van der Waals surface area contributed by atoms with Crippen molar-refractivity contribution in [2.45, 2.75) is 30.7 Å². The van der Waals surface area contributed by atoms with E-state index in [-0.39, 0.29) is 5.24 Å². The highest BCUT2D eigenvalue weighted by Gasteiger charge is 2.47. The van der Waals surface area contributed by atoms with Crippen molar-refractivity contribution in [3.05, 3.63) is 59.6 Å². The zero-order chi connectivity index (χ0) is 20.1. The summed E-state index contributed by atoms with van der Waals surface area (Å²) in [6.07, 6.45) is -6.27. The third-order valence-corrected chi connectivity index (χ3v) is 4.50. The molecule has 3 N–H and O–H groups in total. The van der Waals surface area contributed by atoms with Crippen molar-refractivity contribution in [3.63, 3.8) is 0 Å². The number of hydrogen-bond acceptors (Lipinski definition) is 8. The van der Waals surface area contributed by atoms with Gasteiger partial charge in [0, 0.05) is 17.2 Å². The minimum Gasteiger partial charge on any atom is -0.462 e. The Labute approximate surface area is 172 Å². The van der Waals surface area contributed by atoms with E-state index in [1.165, 1.54) is 0 Å². The van der Waals surface area contributed by atoms with E-state index in [2.05, 4.69) is 0 Å². The maximum absolute atomic E-state index is 10.6. The van der Waals surface area contributed by atoms with Crippen molar-refractivity contribution in [2.75, 3.05) is 6.61 Å². The van der Waals surface area contributed by atoms with Gasteiger partial charge in [-0.1, -0.05) is 29.8 Å². The minimum atomic E-state index is -1.41. The minimum absolute atomic E-state index is 0.293. The molecular formula is C19H19ClO7S. The topological polar surface area (TPSA) is 97.6 Å². The van der Waals surface area contributed by atoms with Crippen LogP contribution in [0.3, 0.4) is 0 Å². The Morgan fingerprint density at radius 1 is 1.00 bits per heavy atom. The van der Waals surface area contributed by atoms with Crippen LogP contribution in [0.15, 0.2) is 54.6 Å². The molecule has 0 spiro atoms. The van der Waals surface area contributed by atoms with Gasteiger partial charge in [-0.05, 0) is 36.4 Å². The van der Waals surface area contributed by atoms with Gasteiger partial charge in [0.05, 0.1) is 6.61 Å². The van der Waals surface area contributed by atoms with Crippen LogP contribution in [0.1, 0.15) is 0 Å². The summed E-state index contributed by atoms with van der Waals surface area (Å²) in [5.74, 6) is 0.819. The monoisotopic (exact) mass is 426 g/mol. The number of hydrogen-bond donors (Lipinski definition) is 3. The van der Waals surface area contributed by atoms with Crippen molar-refractivity contribution in [3.8, 4) is 11.5 Å². The molecule has 0 unspecified atom stereocenters. The number of aliphatic hydroxyl groups is 3. The van der Waals surface area contributed by atoms with E-state index in [0.717, 1.165) is 0 Å². The summed E-state index contributed by atoms with van der Waals surface area (Å²) in [5.41, 5.74) is 0. The smallest absolute Gasteiger partial charge is 0.358 e. The van der Waals surface area contributed by atoms with E-state index >= 15 is 0 Å². The molecule has 0 aliphatic carbocycles. The summed E-state index contributed by atoms with van der Waals surface area (Å²) < 4.78 is 21.9. The van der Waals surface area contributed by atoms with Crippen molar-refractivity contribution >= 4 is 29.1 Å². The highest BCUT2D eigenvalue weighted by molar-refractivity contribution is 7.79. The third kappa shape index (κ3) is 5.11. The molecule has 9 heteroatoms. The fraction of sp³-hybridized carbons (Fsp3) is 0.316. The highest BCUT2D eigenvalue weighted by atomic mass is 35.5. The summed E-state index contributed by atoms with van der Waals surface area (Å²) in [7, 11) is 0. The SMILES string of the molecule is OC[C@H]1O[C@H](Oc2ccc(Cl)cc2)[C@@H](O)[C@@H](OC(=S)Oc2ccccc2)[C@@H]1O. The Balaban J connectivity index is 1.70. The first-order chi connectivity index (χ1) is 13.5. The zero-order valence-corrected chi connectivity index (χ0v) is 16.1. The lowest BCUT2D eigenvalue weighted by Crippen LogP contribution is -2.61. The summed E-state index contributed by atoms with van der Waals surface area (Å²) in [6.45, 7) is -0.513. The normalized spacial score (nSPS) is 27.1. The number of ether oxygens (including phenoxy) is 4. The summed E-state index contributed by atoms with van der Waals surface area (Å²) >= 11 is 10.9.